The minimum absolute atomic E-state index is 0. The van der Waals surface area contributed by atoms with Crippen LogP contribution in [0.25, 0.3) is 0 Å². The first kappa shape index (κ1) is 19.1. The van der Waals surface area contributed by atoms with Crippen LogP contribution in [0.1, 0.15) is 43.4 Å². The number of benzene rings is 1. The summed E-state index contributed by atoms with van der Waals surface area (Å²) in [5.74, 6) is 0.565. The molecule has 3 nitrogen and oxygen atoms in total. The molecule has 0 aliphatic heterocycles. The van der Waals surface area contributed by atoms with Crippen molar-refractivity contribution >= 4 is 18.3 Å². The zero-order valence-corrected chi connectivity index (χ0v) is 14.2. The fraction of sp³-hybridized carbons (Fsp3) is 0.588. The highest BCUT2D eigenvalue weighted by molar-refractivity contribution is 5.85. The quantitative estimate of drug-likeness (QED) is 0.861. The van der Waals surface area contributed by atoms with Crippen molar-refractivity contribution in [2.45, 2.75) is 44.4 Å². The van der Waals surface area contributed by atoms with Crippen LogP contribution in [0.4, 0.5) is 13.2 Å². The molecular formula is C17H22ClF3N2O. The molecule has 0 radical (unpaired) electrons. The summed E-state index contributed by atoms with van der Waals surface area (Å²) < 4.78 is 37.7. The van der Waals surface area contributed by atoms with Gasteiger partial charge in [-0.3, -0.25) is 4.79 Å². The molecule has 2 fully saturated rings. The molecule has 5 atom stereocenters. The molecule has 2 saturated carbocycles. The lowest BCUT2D eigenvalue weighted by molar-refractivity contribution is -0.137. The number of rotatable bonds is 3. The van der Waals surface area contributed by atoms with Crippen LogP contribution in [0.5, 0.6) is 0 Å². The third kappa shape index (κ3) is 3.54. The molecule has 3 N–H and O–H groups in total. The Labute approximate surface area is 145 Å². The molecule has 0 saturated heterocycles. The van der Waals surface area contributed by atoms with Crippen molar-refractivity contribution in [2.24, 2.45) is 23.5 Å². The van der Waals surface area contributed by atoms with Gasteiger partial charge in [-0.2, -0.15) is 13.2 Å². The van der Waals surface area contributed by atoms with Crippen molar-refractivity contribution in [3.8, 4) is 0 Å². The van der Waals surface area contributed by atoms with Gasteiger partial charge in [0.15, 0.2) is 0 Å². The molecule has 24 heavy (non-hydrogen) atoms. The second-order valence-corrected chi connectivity index (χ2v) is 6.79. The molecule has 7 heteroatoms. The van der Waals surface area contributed by atoms with Crippen molar-refractivity contribution in [2.75, 3.05) is 0 Å². The highest BCUT2D eigenvalue weighted by Gasteiger charge is 2.49. The Hall–Kier alpha value is -1.27. The Morgan fingerprint density at radius 1 is 1.21 bits per heavy atom. The summed E-state index contributed by atoms with van der Waals surface area (Å²) >= 11 is 0. The molecule has 2 aliphatic carbocycles. The Morgan fingerprint density at radius 3 is 2.29 bits per heavy atom. The first-order valence-electron chi connectivity index (χ1n) is 8.00. The Kier molecular flexibility index (Phi) is 5.50. The summed E-state index contributed by atoms with van der Waals surface area (Å²) in [5.41, 5.74) is 6.13. The van der Waals surface area contributed by atoms with Gasteiger partial charge in [0, 0.05) is 6.04 Å². The first-order chi connectivity index (χ1) is 10.8. The van der Waals surface area contributed by atoms with E-state index in [0.717, 1.165) is 31.4 Å². The third-order valence-electron chi connectivity index (χ3n) is 5.38. The van der Waals surface area contributed by atoms with Crippen LogP contribution in [-0.4, -0.2) is 11.9 Å². The number of carbonyl (C=O) groups excluding carboxylic acids is 1. The van der Waals surface area contributed by atoms with Crippen LogP contribution >= 0.6 is 12.4 Å². The van der Waals surface area contributed by atoms with Gasteiger partial charge in [0.05, 0.1) is 17.5 Å². The molecule has 2 aliphatic rings. The van der Waals surface area contributed by atoms with Gasteiger partial charge in [-0.25, -0.2) is 0 Å². The van der Waals surface area contributed by atoms with Gasteiger partial charge in [0.25, 0.3) is 0 Å². The van der Waals surface area contributed by atoms with Crippen LogP contribution in [0.3, 0.4) is 0 Å². The number of nitrogens with two attached hydrogens (primary N) is 1. The molecule has 5 unspecified atom stereocenters. The smallest absolute Gasteiger partial charge is 0.349 e. The number of nitrogens with one attached hydrogen (secondary N) is 1. The van der Waals surface area contributed by atoms with E-state index in [1.807, 2.05) is 0 Å². The van der Waals surface area contributed by atoms with Gasteiger partial charge >= 0.3 is 6.18 Å². The number of fused-ring (bicyclic) bond motifs is 2. The topological polar surface area (TPSA) is 55.1 Å². The fourth-order valence-electron chi connectivity index (χ4n) is 4.08. The average molecular weight is 363 g/mol. The van der Waals surface area contributed by atoms with E-state index in [1.165, 1.54) is 12.1 Å². The van der Waals surface area contributed by atoms with Crippen LogP contribution in [-0.2, 0) is 11.0 Å². The summed E-state index contributed by atoms with van der Waals surface area (Å²) in [5, 5.41) is 2.91. The summed E-state index contributed by atoms with van der Waals surface area (Å²) in [4.78, 5) is 12.5. The standard InChI is InChI=1S/C17H21F3N2O.ClH/c1-9(10-4-6-13(7-5-10)17(18,19)20)22-16(23)14-11-2-3-12(8-11)15(14)21;/h4-7,9,11-12,14-15H,2-3,8,21H2,1H3,(H,22,23);1H. The highest BCUT2D eigenvalue weighted by atomic mass is 35.5. The number of halogens is 4. The largest absolute Gasteiger partial charge is 0.416 e. The second kappa shape index (κ2) is 6.92. The highest BCUT2D eigenvalue weighted by Crippen LogP contribution is 2.47. The van der Waals surface area contributed by atoms with Gasteiger partial charge in [0.2, 0.25) is 5.91 Å². The van der Waals surface area contributed by atoms with Crippen molar-refractivity contribution in [3.63, 3.8) is 0 Å². The summed E-state index contributed by atoms with van der Waals surface area (Å²) in [6.45, 7) is 1.78. The predicted molar refractivity (Wildman–Crippen MR) is 87.5 cm³/mol. The van der Waals surface area contributed by atoms with E-state index < -0.39 is 11.7 Å². The van der Waals surface area contributed by atoms with Gasteiger partial charge < -0.3 is 11.1 Å². The summed E-state index contributed by atoms with van der Waals surface area (Å²) in [6, 6.07) is 4.48. The lowest BCUT2D eigenvalue weighted by atomic mass is 9.84. The van der Waals surface area contributed by atoms with Crippen molar-refractivity contribution in [3.05, 3.63) is 35.4 Å². The van der Waals surface area contributed by atoms with E-state index in [1.54, 1.807) is 6.92 Å². The average Bonchev–Trinajstić information content (AvgIpc) is 3.07. The van der Waals surface area contributed by atoms with Gasteiger partial charge in [-0.1, -0.05) is 12.1 Å². The molecule has 3 rings (SSSR count). The Morgan fingerprint density at radius 2 is 1.79 bits per heavy atom. The van der Waals surface area contributed by atoms with Crippen molar-refractivity contribution in [1.29, 1.82) is 0 Å². The molecule has 1 aromatic rings. The molecule has 0 heterocycles. The van der Waals surface area contributed by atoms with Crippen LogP contribution in [0.2, 0.25) is 0 Å². The minimum Gasteiger partial charge on any atom is -0.349 e. The molecule has 0 aromatic heterocycles. The maximum Gasteiger partial charge on any atom is 0.416 e. The lowest BCUT2D eigenvalue weighted by Crippen LogP contribution is -2.45. The van der Waals surface area contributed by atoms with Crippen LogP contribution in [0, 0.1) is 17.8 Å². The van der Waals surface area contributed by atoms with Gasteiger partial charge in [-0.15, -0.1) is 12.4 Å². The molecule has 1 aromatic carbocycles. The van der Waals surface area contributed by atoms with E-state index in [2.05, 4.69) is 5.32 Å². The summed E-state index contributed by atoms with van der Waals surface area (Å²) in [6.07, 6.45) is -1.18. The number of hydrogen-bond acceptors (Lipinski definition) is 2. The number of hydrogen-bond donors (Lipinski definition) is 2. The SMILES string of the molecule is CC(NC(=O)C1C2CCC(C2)C1N)c1ccc(C(F)(F)F)cc1.Cl. The number of amides is 1. The third-order valence-corrected chi connectivity index (χ3v) is 5.38. The minimum atomic E-state index is -4.35. The molecule has 2 bridgehead atoms. The maximum absolute atomic E-state index is 12.6. The fourth-order valence-corrected chi connectivity index (χ4v) is 4.08. The monoisotopic (exact) mass is 362 g/mol. The van der Waals surface area contributed by atoms with E-state index in [0.29, 0.717) is 17.4 Å². The number of carbonyl (C=O) groups is 1. The molecule has 134 valence electrons. The molecular weight excluding hydrogens is 341 g/mol. The van der Waals surface area contributed by atoms with Crippen molar-refractivity contribution < 1.29 is 18.0 Å². The van der Waals surface area contributed by atoms with Gasteiger partial charge in [-0.05, 0) is 55.7 Å². The normalized spacial score (nSPS) is 29.9. The van der Waals surface area contributed by atoms with Gasteiger partial charge in [0.1, 0.15) is 0 Å². The summed E-state index contributed by atoms with van der Waals surface area (Å²) in [7, 11) is 0. The van der Waals surface area contributed by atoms with E-state index in [-0.39, 0.29) is 36.3 Å². The number of alkyl halides is 3. The lowest BCUT2D eigenvalue weighted by Gasteiger charge is -2.28. The Balaban J connectivity index is 0.00000208. The first-order valence-corrected chi connectivity index (χ1v) is 8.00. The second-order valence-electron chi connectivity index (χ2n) is 6.79. The molecule has 0 spiro atoms. The zero-order chi connectivity index (χ0) is 16.8. The molecule has 1 amide bonds. The van der Waals surface area contributed by atoms with E-state index >= 15 is 0 Å². The zero-order valence-electron chi connectivity index (χ0n) is 13.3. The maximum atomic E-state index is 12.6. The van der Waals surface area contributed by atoms with Crippen molar-refractivity contribution in [1.82, 2.24) is 5.32 Å². The Bertz CT molecular complexity index is 588. The van der Waals surface area contributed by atoms with E-state index in [4.69, 9.17) is 5.73 Å². The van der Waals surface area contributed by atoms with E-state index in [9.17, 15) is 18.0 Å². The van der Waals surface area contributed by atoms with Crippen LogP contribution < -0.4 is 11.1 Å². The predicted octanol–water partition coefficient (Wildman–Crippen LogP) is 3.68. The van der Waals surface area contributed by atoms with Crippen LogP contribution in [0.15, 0.2) is 24.3 Å².